The Hall–Kier alpha value is -2.55. The number of carbonyl (C=O) groups is 2. The van der Waals surface area contributed by atoms with E-state index in [9.17, 15) is 19.0 Å². The van der Waals surface area contributed by atoms with Gasteiger partial charge in [0.05, 0.1) is 13.2 Å². The monoisotopic (exact) mass is 890 g/mol. The third-order valence-corrected chi connectivity index (χ3v) is 11.4. The Morgan fingerprint density at radius 2 is 0.887 bits per heavy atom. The highest BCUT2D eigenvalue weighted by molar-refractivity contribution is 7.47. The number of hydrogen-bond acceptors (Lipinski definition) is 8. The Morgan fingerprint density at radius 3 is 1.29 bits per heavy atom. The zero-order valence-electron chi connectivity index (χ0n) is 39.6. The molecule has 0 aromatic rings. The van der Waals surface area contributed by atoms with Crippen molar-refractivity contribution in [2.45, 2.75) is 219 Å². The van der Waals surface area contributed by atoms with E-state index in [2.05, 4.69) is 74.6 Å². The number of rotatable bonds is 46. The maximum Gasteiger partial charge on any atom is 0.472 e. The van der Waals surface area contributed by atoms with E-state index >= 15 is 0 Å². The second-order valence-electron chi connectivity index (χ2n) is 16.3. The number of nitrogens with two attached hydrogens (primary N) is 1. The summed E-state index contributed by atoms with van der Waals surface area (Å²) < 4.78 is 32.8. The van der Waals surface area contributed by atoms with Gasteiger partial charge in [0.2, 0.25) is 0 Å². The number of esters is 2. The van der Waals surface area contributed by atoms with Gasteiger partial charge in [-0.2, -0.15) is 0 Å². The van der Waals surface area contributed by atoms with Gasteiger partial charge in [0.1, 0.15) is 6.61 Å². The Labute approximate surface area is 380 Å². The molecule has 0 bridgehead atoms. The number of carbonyl (C=O) groups excluding carboxylic acids is 2. The molecular formula is C52H92NO8P. The number of phosphoric ester groups is 1. The molecule has 1 unspecified atom stereocenters. The molecule has 0 aromatic heterocycles. The van der Waals surface area contributed by atoms with Gasteiger partial charge in [0.25, 0.3) is 0 Å². The lowest BCUT2D eigenvalue weighted by molar-refractivity contribution is -0.161. The average Bonchev–Trinajstić information content (AvgIpc) is 3.26. The quantitative estimate of drug-likeness (QED) is 0.0265. The number of hydrogen-bond donors (Lipinski definition) is 2. The normalized spacial score (nSPS) is 13.8. The van der Waals surface area contributed by atoms with E-state index in [4.69, 9.17) is 24.3 Å². The van der Waals surface area contributed by atoms with E-state index in [1.807, 2.05) is 12.2 Å². The van der Waals surface area contributed by atoms with E-state index in [1.165, 1.54) is 122 Å². The first kappa shape index (κ1) is 59.5. The Bertz CT molecular complexity index is 1240. The predicted molar refractivity (Wildman–Crippen MR) is 261 cm³/mol. The maximum atomic E-state index is 12.6. The molecule has 0 rings (SSSR count). The van der Waals surface area contributed by atoms with Crippen LogP contribution in [0.25, 0.3) is 0 Å². The van der Waals surface area contributed by atoms with Crippen LogP contribution in [0, 0.1) is 0 Å². The van der Waals surface area contributed by atoms with Gasteiger partial charge in [-0.15, -0.1) is 0 Å². The summed E-state index contributed by atoms with van der Waals surface area (Å²) in [5.74, 6) is -0.923. The van der Waals surface area contributed by atoms with Crippen molar-refractivity contribution in [2.75, 3.05) is 26.4 Å². The van der Waals surface area contributed by atoms with Gasteiger partial charge in [0.15, 0.2) is 6.10 Å². The highest BCUT2D eigenvalue weighted by atomic mass is 31.2. The Morgan fingerprint density at radius 1 is 0.500 bits per heavy atom. The van der Waals surface area contributed by atoms with Crippen LogP contribution in [0.4, 0.5) is 0 Å². The van der Waals surface area contributed by atoms with Crippen molar-refractivity contribution in [3.05, 3.63) is 72.9 Å². The molecule has 2 atom stereocenters. The molecule has 0 aliphatic rings. The topological polar surface area (TPSA) is 134 Å². The molecule has 0 radical (unpaired) electrons. The largest absolute Gasteiger partial charge is 0.472 e. The Balaban J connectivity index is 4.14. The number of allylic oxidation sites excluding steroid dienone is 12. The molecule has 0 aliphatic heterocycles. The third-order valence-electron chi connectivity index (χ3n) is 10.4. The first-order chi connectivity index (χ1) is 30.3. The van der Waals surface area contributed by atoms with Crippen LogP contribution >= 0.6 is 7.82 Å². The van der Waals surface area contributed by atoms with Crippen molar-refractivity contribution >= 4 is 19.8 Å². The zero-order valence-corrected chi connectivity index (χ0v) is 40.5. The van der Waals surface area contributed by atoms with Crippen molar-refractivity contribution in [3.8, 4) is 0 Å². The van der Waals surface area contributed by atoms with Crippen molar-refractivity contribution in [1.29, 1.82) is 0 Å². The molecule has 0 saturated heterocycles. The summed E-state index contributed by atoms with van der Waals surface area (Å²) >= 11 is 0. The van der Waals surface area contributed by atoms with Crippen molar-refractivity contribution in [1.82, 2.24) is 0 Å². The summed E-state index contributed by atoms with van der Waals surface area (Å²) in [6.07, 6.45) is 59.6. The lowest BCUT2D eigenvalue weighted by Crippen LogP contribution is -2.29. The van der Waals surface area contributed by atoms with Crippen LogP contribution < -0.4 is 5.73 Å². The molecule has 9 nitrogen and oxygen atoms in total. The highest BCUT2D eigenvalue weighted by Gasteiger charge is 2.25. The lowest BCUT2D eigenvalue weighted by Gasteiger charge is -2.19. The van der Waals surface area contributed by atoms with Gasteiger partial charge in [0, 0.05) is 19.4 Å². The molecule has 358 valence electrons. The summed E-state index contributed by atoms with van der Waals surface area (Å²) in [5.41, 5.74) is 5.36. The fourth-order valence-electron chi connectivity index (χ4n) is 6.72. The van der Waals surface area contributed by atoms with Crippen LogP contribution in [0.3, 0.4) is 0 Å². The standard InChI is InChI=1S/C52H92NO8P/c1-3-5-7-9-11-13-15-17-19-21-23-24-25-27-28-30-32-34-36-38-40-42-44-51(54)58-48-50(49-60-62(56,57)59-47-46-53)61-52(55)45-43-41-39-37-35-33-31-29-26-22-20-18-16-14-12-10-8-6-4-2/h6,8,12,14,18,20,26,29,33,35,39,41,50H,3-5,7,9-11,13,15-17,19,21-25,27-28,30-32,34,36-38,40,42-49,53H2,1-2H3,(H,56,57)/b8-6+,14-12+,20-18+,29-26+,35-33+,41-39+/t50-/m1/s1. The van der Waals surface area contributed by atoms with Crippen molar-refractivity contribution in [2.24, 2.45) is 5.73 Å². The predicted octanol–water partition coefficient (Wildman–Crippen LogP) is 15.0. The lowest BCUT2D eigenvalue weighted by atomic mass is 10.0. The van der Waals surface area contributed by atoms with Crippen molar-refractivity contribution in [3.63, 3.8) is 0 Å². The second kappa shape index (κ2) is 47.9. The van der Waals surface area contributed by atoms with E-state index in [1.54, 1.807) is 0 Å². The van der Waals surface area contributed by atoms with E-state index in [0.717, 1.165) is 57.8 Å². The van der Waals surface area contributed by atoms with E-state index in [0.29, 0.717) is 6.42 Å². The first-order valence-corrected chi connectivity index (χ1v) is 26.4. The van der Waals surface area contributed by atoms with Crippen LogP contribution in [0.15, 0.2) is 72.9 Å². The van der Waals surface area contributed by atoms with Crippen LogP contribution in [-0.4, -0.2) is 49.3 Å². The average molecular weight is 890 g/mol. The van der Waals surface area contributed by atoms with Gasteiger partial charge in [-0.05, 0) is 51.4 Å². The number of ether oxygens (including phenoxy) is 2. The molecule has 0 saturated carbocycles. The van der Waals surface area contributed by atoms with E-state index in [-0.39, 0.29) is 32.6 Å². The molecule has 0 aromatic carbocycles. The SMILES string of the molecule is CC/C=C/C/C=C/C/C=C/C/C=C/C/C=C/C/C=C/CCC(=O)O[C@H](COC(=O)CCCCCCCCCCCCCCCCCCCCCCCC)COP(=O)(O)OCCN. The van der Waals surface area contributed by atoms with Gasteiger partial charge < -0.3 is 20.1 Å². The third kappa shape index (κ3) is 46.9. The van der Waals surface area contributed by atoms with Gasteiger partial charge in [-0.25, -0.2) is 4.57 Å². The second-order valence-corrected chi connectivity index (χ2v) is 17.8. The smallest absolute Gasteiger partial charge is 0.462 e. The van der Waals surface area contributed by atoms with Crippen LogP contribution in [0.5, 0.6) is 0 Å². The fraction of sp³-hybridized carbons (Fsp3) is 0.731. The molecule has 0 amide bonds. The van der Waals surface area contributed by atoms with Gasteiger partial charge in [-0.1, -0.05) is 222 Å². The Kier molecular flexibility index (Phi) is 45.9. The summed E-state index contributed by atoms with van der Waals surface area (Å²) in [5, 5.41) is 0. The van der Waals surface area contributed by atoms with Crippen LogP contribution in [0.2, 0.25) is 0 Å². The minimum absolute atomic E-state index is 0.0398. The van der Waals surface area contributed by atoms with Gasteiger partial charge >= 0.3 is 19.8 Å². The van der Waals surface area contributed by atoms with Crippen LogP contribution in [-0.2, 0) is 32.7 Å². The fourth-order valence-corrected chi connectivity index (χ4v) is 7.49. The molecule has 62 heavy (non-hydrogen) atoms. The molecule has 0 heterocycles. The van der Waals surface area contributed by atoms with Crippen LogP contribution in [0.1, 0.15) is 213 Å². The maximum absolute atomic E-state index is 12.6. The molecular weight excluding hydrogens is 798 g/mol. The number of phosphoric acid groups is 1. The highest BCUT2D eigenvalue weighted by Crippen LogP contribution is 2.43. The summed E-state index contributed by atoms with van der Waals surface area (Å²) in [6, 6.07) is 0. The first-order valence-electron chi connectivity index (χ1n) is 24.9. The minimum atomic E-state index is -4.40. The minimum Gasteiger partial charge on any atom is -0.462 e. The van der Waals surface area contributed by atoms with E-state index < -0.39 is 32.5 Å². The zero-order chi connectivity index (χ0) is 45.3. The molecule has 3 N–H and O–H groups in total. The summed E-state index contributed by atoms with van der Waals surface area (Å²) in [6.45, 7) is 3.55. The summed E-state index contributed by atoms with van der Waals surface area (Å²) in [4.78, 5) is 35.0. The molecule has 0 fully saturated rings. The summed E-state index contributed by atoms with van der Waals surface area (Å²) in [7, 11) is -4.40. The molecule has 0 spiro atoms. The van der Waals surface area contributed by atoms with Crippen molar-refractivity contribution < 1.29 is 37.6 Å². The van der Waals surface area contributed by atoms with Gasteiger partial charge in [-0.3, -0.25) is 18.6 Å². The number of unbranched alkanes of at least 4 members (excludes halogenated alkanes) is 21. The molecule has 10 heteroatoms. The molecule has 0 aliphatic carbocycles.